The van der Waals surface area contributed by atoms with Crippen LogP contribution in [0.2, 0.25) is 0 Å². The zero-order valence-electron chi connectivity index (χ0n) is 20.2. The number of aromatic nitrogens is 5. The standard InChI is InChI=1S/C26H22F3N7O2/c1-35-16-8-14(18-13(23(35)37)4-2-5-17(18)38-25(28)29)19-21(16)34-36-11-15(27)20(33-22(19)36)12-9-31-24(32-10-12)26(30)6-3-7-26/h2,4-5,9-11,14,16,25H,3,6-8,30H2,1H3/t14-,16-/m1/s1. The summed E-state index contributed by atoms with van der Waals surface area (Å²) in [6, 6.07) is 4.10. The molecule has 2 N–H and O–H groups in total. The average Bonchev–Trinajstić information content (AvgIpc) is 3.39. The summed E-state index contributed by atoms with van der Waals surface area (Å²) in [6.45, 7) is -3.06. The van der Waals surface area contributed by atoms with Gasteiger partial charge in [-0.1, -0.05) is 6.07 Å². The van der Waals surface area contributed by atoms with E-state index in [4.69, 9.17) is 10.5 Å². The molecule has 2 aliphatic carbocycles. The van der Waals surface area contributed by atoms with Gasteiger partial charge in [-0.2, -0.15) is 13.9 Å². The van der Waals surface area contributed by atoms with Crippen molar-refractivity contribution in [3.05, 3.63) is 70.8 Å². The molecule has 38 heavy (non-hydrogen) atoms. The van der Waals surface area contributed by atoms with Gasteiger partial charge in [-0.15, -0.1) is 0 Å². The largest absolute Gasteiger partial charge is 0.434 e. The van der Waals surface area contributed by atoms with Crippen molar-refractivity contribution in [1.82, 2.24) is 29.5 Å². The van der Waals surface area contributed by atoms with Crippen molar-refractivity contribution in [2.75, 3.05) is 7.05 Å². The molecule has 194 valence electrons. The van der Waals surface area contributed by atoms with Gasteiger partial charge in [0.1, 0.15) is 17.3 Å². The van der Waals surface area contributed by atoms with Gasteiger partial charge in [0, 0.05) is 47.6 Å². The van der Waals surface area contributed by atoms with Crippen LogP contribution in [0.4, 0.5) is 13.2 Å². The van der Waals surface area contributed by atoms with Crippen LogP contribution in [0, 0.1) is 5.82 Å². The van der Waals surface area contributed by atoms with Gasteiger partial charge < -0.3 is 15.4 Å². The van der Waals surface area contributed by atoms with Crippen molar-refractivity contribution in [1.29, 1.82) is 0 Å². The summed E-state index contributed by atoms with van der Waals surface area (Å²) in [4.78, 5) is 28.2. The normalized spacial score (nSPS) is 21.3. The smallest absolute Gasteiger partial charge is 0.387 e. The molecule has 1 aromatic carbocycles. The minimum absolute atomic E-state index is 0.0347. The summed E-state index contributed by atoms with van der Waals surface area (Å²) in [5.41, 5.74) is 8.37. The summed E-state index contributed by atoms with van der Waals surface area (Å²) in [7, 11) is 1.64. The highest BCUT2D eigenvalue weighted by atomic mass is 19.3. The molecular formula is C26H22F3N7O2. The van der Waals surface area contributed by atoms with Crippen LogP contribution in [-0.4, -0.2) is 49.0 Å². The molecule has 2 atom stereocenters. The van der Waals surface area contributed by atoms with Crippen molar-refractivity contribution < 1.29 is 22.7 Å². The molecule has 9 nitrogen and oxygen atoms in total. The fourth-order valence-electron chi connectivity index (χ4n) is 5.93. The number of hydrogen-bond donors (Lipinski definition) is 1. The number of rotatable bonds is 4. The Hall–Kier alpha value is -4.06. The van der Waals surface area contributed by atoms with Gasteiger partial charge in [0.15, 0.2) is 11.5 Å². The maximum Gasteiger partial charge on any atom is 0.387 e. The summed E-state index contributed by atoms with van der Waals surface area (Å²) < 4.78 is 48.0. The lowest BCUT2D eigenvalue weighted by atomic mass is 9.77. The third-order valence-electron chi connectivity index (χ3n) is 8.02. The fraction of sp³-hybridized carbons (Fsp3) is 0.346. The molecule has 0 radical (unpaired) electrons. The number of hydrogen-bond acceptors (Lipinski definition) is 7. The molecule has 0 saturated heterocycles. The second-order valence-electron chi connectivity index (χ2n) is 10.1. The summed E-state index contributed by atoms with van der Waals surface area (Å²) >= 11 is 0. The highest BCUT2D eigenvalue weighted by Gasteiger charge is 2.46. The molecule has 3 aromatic heterocycles. The van der Waals surface area contributed by atoms with E-state index in [9.17, 15) is 13.6 Å². The number of carbonyl (C=O) groups is 1. The molecular weight excluding hydrogens is 499 g/mol. The van der Waals surface area contributed by atoms with Crippen molar-refractivity contribution in [2.45, 2.75) is 49.8 Å². The lowest BCUT2D eigenvalue weighted by molar-refractivity contribution is -0.0505. The van der Waals surface area contributed by atoms with E-state index < -0.39 is 29.9 Å². The van der Waals surface area contributed by atoms with Gasteiger partial charge in [-0.05, 0) is 37.8 Å². The maximum absolute atomic E-state index is 15.3. The number of amides is 1. The first-order chi connectivity index (χ1) is 18.2. The van der Waals surface area contributed by atoms with Crippen molar-refractivity contribution in [3.8, 4) is 17.0 Å². The van der Waals surface area contributed by atoms with Gasteiger partial charge >= 0.3 is 6.61 Å². The minimum Gasteiger partial charge on any atom is -0.434 e. The van der Waals surface area contributed by atoms with Gasteiger partial charge in [-0.3, -0.25) is 4.79 Å². The molecule has 2 bridgehead atoms. The molecule has 3 aliphatic rings. The number of nitrogens with zero attached hydrogens (tertiary/aromatic N) is 6. The Morgan fingerprint density at radius 1 is 1.18 bits per heavy atom. The Morgan fingerprint density at radius 2 is 1.95 bits per heavy atom. The zero-order valence-corrected chi connectivity index (χ0v) is 20.2. The second kappa shape index (κ2) is 7.97. The molecule has 1 amide bonds. The van der Waals surface area contributed by atoms with E-state index in [1.807, 2.05) is 0 Å². The van der Waals surface area contributed by atoms with Crippen LogP contribution in [-0.2, 0) is 5.54 Å². The van der Waals surface area contributed by atoms with Crippen LogP contribution >= 0.6 is 0 Å². The number of alkyl halides is 2. The summed E-state index contributed by atoms with van der Waals surface area (Å²) in [5, 5.41) is 4.57. The number of carbonyl (C=O) groups excluding carboxylic acids is 1. The highest BCUT2D eigenvalue weighted by molar-refractivity contribution is 5.98. The first-order valence-corrected chi connectivity index (χ1v) is 12.3. The van der Waals surface area contributed by atoms with E-state index in [1.165, 1.54) is 40.1 Å². The number of nitrogens with two attached hydrogens (primary N) is 1. The average molecular weight is 522 g/mol. The van der Waals surface area contributed by atoms with Crippen LogP contribution in [0.1, 0.15) is 70.6 Å². The van der Waals surface area contributed by atoms with Crippen LogP contribution in [0.3, 0.4) is 0 Å². The van der Waals surface area contributed by atoms with E-state index in [0.29, 0.717) is 40.3 Å². The van der Waals surface area contributed by atoms with Gasteiger partial charge in [-0.25, -0.2) is 23.9 Å². The van der Waals surface area contributed by atoms with E-state index in [2.05, 4.69) is 20.1 Å². The third-order valence-corrected chi connectivity index (χ3v) is 8.02. The molecule has 7 rings (SSSR count). The topological polar surface area (TPSA) is 112 Å². The Labute approximate surface area is 214 Å². The number of fused-ring (bicyclic) bond motifs is 9. The Morgan fingerprint density at radius 3 is 2.63 bits per heavy atom. The molecule has 1 fully saturated rings. The van der Waals surface area contributed by atoms with Gasteiger partial charge in [0.25, 0.3) is 5.91 Å². The van der Waals surface area contributed by atoms with Crippen LogP contribution < -0.4 is 10.5 Å². The molecule has 0 spiro atoms. The predicted molar refractivity (Wildman–Crippen MR) is 128 cm³/mol. The Balaban J connectivity index is 1.39. The van der Waals surface area contributed by atoms with Crippen LogP contribution in [0.5, 0.6) is 5.75 Å². The number of benzene rings is 1. The van der Waals surface area contributed by atoms with Crippen molar-refractivity contribution >= 4 is 11.6 Å². The Bertz CT molecular complexity index is 1620. The molecule has 12 heteroatoms. The number of ether oxygens (including phenoxy) is 1. The molecule has 0 unspecified atom stereocenters. The Kier molecular flexibility index (Phi) is 4.84. The van der Waals surface area contributed by atoms with Crippen molar-refractivity contribution in [2.24, 2.45) is 5.73 Å². The van der Waals surface area contributed by atoms with E-state index in [-0.39, 0.29) is 22.9 Å². The van der Waals surface area contributed by atoms with E-state index >= 15 is 4.39 Å². The predicted octanol–water partition coefficient (Wildman–Crippen LogP) is 3.93. The molecule has 4 heterocycles. The minimum atomic E-state index is -3.06. The molecule has 1 aliphatic heterocycles. The quantitative estimate of drug-likeness (QED) is 0.433. The van der Waals surface area contributed by atoms with E-state index in [0.717, 1.165) is 19.3 Å². The monoisotopic (exact) mass is 521 g/mol. The highest BCUT2D eigenvalue weighted by Crippen LogP contribution is 2.53. The van der Waals surface area contributed by atoms with Crippen molar-refractivity contribution in [3.63, 3.8) is 0 Å². The zero-order chi connectivity index (χ0) is 26.3. The summed E-state index contributed by atoms with van der Waals surface area (Å²) in [5.74, 6) is -1.02. The SMILES string of the molecule is CN1C(=O)c2cccc(OC(F)F)c2[C@H]2C[C@@H]1c1nn3cc(F)c(-c4cnc(C5(N)CCC5)nc4)nc3c12. The first kappa shape index (κ1) is 23.1. The van der Waals surface area contributed by atoms with E-state index in [1.54, 1.807) is 13.1 Å². The maximum atomic E-state index is 15.3. The fourth-order valence-corrected chi connectivity index (χ4v) is 5.93. The first-order valence-electron chi connectivity index (χ1n) is 12.3. The van der Waals surface area contributed by atoms with Gasteiger partial charge in [0.2, 0.25) is 0 Å². The van der Waals surface area contributed by atoms with Gasteiger partial charge in [0.05, 0.1) is 23.5 Å². The number of halogens is 3. The summed E-state index contributed by atoms with van der Waals surface area (Å²) in [6.07, 6.45) is 7.25. The second-order valence-corrected chi connectivity index (χ2v) is 10.1. The van der Waals surface area contributed by atoms with Crippen LogP contribution in [0.25, 0.3) is 16.9 Å². The lowest BCUT2D eigenvalue weighted by Gasteiger charge is -2.36. The van der Waals surface area contributed by atoms with Crippen LogP contribution in [0.15, 0.2) is 36.8 Å². The lowest BCUT2D eigenvalue weighted by Crippen LogP contribution is -2.44. The molecule has 1 saturated carbocycles. The third kappa shape index (κ3) is 3.19. The molecule has 4 aromatic rings.